The number of hydrogen-bond donors (Lipinski definition) is 1. The fourth-order valence-corrected chi connectivity index (χ4v) is 3.06. The first kappa shape index (κ1) is 12.6. The molecule has 1 N–H and O–H groups in total. The summed E-state index contributed by atoms with van der Waals surface area (Å²) < 4.78 is 5.28. The van der Waals surface area contributed by atoms with Gasteiger partial charge >= 0.3 is 5.97 Å². The van der Waals surface area contributed by atoms with E-state index in [9.17, 15) is 14.7 Å². The minimum Gasteiger partial charge on any atom is -0.480 e. The Morgan fingerprint density at radius 2 is 2.06 bits per heavy atom. The van der Waals surface area contributed by atoms with Gasteiger partial charge in [0.1, 0.15) is 11.2 Å². The fraction of sp³-hybridized carbons (Fsp3) is 0.846. The Bertz CT molecular complexity index is 307. The molecule has 0 amide bonds. The number of rotatable bonds is 3. The lowest BCUT2D eigenvalue weighted by Gasteiger charge is -2.35. The van der Waals surface area contributed by atoms with E-state index in [-0.39, 0.29) is 5.78 Å². The molecule has 0 aromatic rings. The molecule has 4 heteroatoms. The van der Waals surface area contributed by atoms with Crippen molar-refractivity contribution >= 4 is 11.8 Å². The summed E-state index contributed by atoms with van der Waals surface area (Å²) in [5.41, 5.74) is -1.08. The zero-order chi connectivity index (χ0) is 12.3. The van der Waals surface area contributed by atoms with E-state index in [2.05, 4.69) is 0 Å². The lowest BCUT2D eigenvalue weighted by molar-refractivity contribution is -0.159. The third kappa shape index (κ3) is 2.51. The average Bonchev–Trinajstić information content (AvgIpc) is 2.33. The summed E-state index contributed by atoms with van der Waals surface area (Å²) in [6, 6.07) is 0. The van der Waals surface area contributed by atoms with Crippen LogP contribution in [0.1, 0.15) is 44.9 Å². The minimum absolute atomic E-state index is 0.0530. The summed E-state index contributed by atoms with van der Waals surface area (Å²) in [6.45, 7) is 1.41. The van der Waals surface area contributed by atoms with Gasteiger partial charge in [-0.1, -0.05) is 6.42 Å². The zero-order valence-corrected chi connectivity index (χ0v) is 10.1. The predicted molar refractivity (Wildman–Crippen MR) is 61.7 cm³/mol. The van der Waals surface area contributed by atoms with Crippen molar-refractivity contribution in [3.63, 3.8) is 0 Å². The van der Waals surface area contributed by atoms with Crippen LogP contribution in [0, 0.1) is 11.3 Å². The maximum Gasteiger partial charge on any atom is 0.317 e. The Hall–Kier alpha value is -0.900. The van der Waals surface area contributed by atoms with Crippen molar-refractivity contribution in [2.45, 2.75) is 44.9 Å². The topological polar surface area (TPSA) is 63.6 Å². The van der Waals surface area contributed by atoms with E-state index in [1.165, 1.54) is 0 Å². The van der Waals surface area contributed by atoms with Crippen LogP contribution in [0.25, 0.3) is 0 Å². The largest absolute Gasteiger partial charge is 0.480 e. The van der Waals surface area contributed by atoms with Crippen molar-refractivity contribution in [2.75, 3.05) is 13.2 Å². The van der Waals surface area contributed by atoms with Gasteiger partial charge in [-0.3, -0.25) is 9.59 Å². The summed E-state index contributed by atoms with van der Waals surface area (Å²) >= 11 is 0. The van der Waals surface area contributed by atoms with Crippen LogP contribution >= 0.6 is 0 Å². The van der Waals surface area contributed by atoms with Crippen LogP contribution < -0.4 is 0 Å². The van der Waals surface area contributed by atoms with E-state index in [0.29, 0.717) is 38.4 Å². The van der Waals surface area contributed by atoms with Gasteiger partial charge in [0, 0.05) is 19.6 Å². The molecule has 0 spiro atoms. The Morgan fingerprint density at radius 3 is 2.65 bits per heavy atom. The molecule has 0 radical (unpaired) electrons. The summed E-state index contributed by atoms with van der Waals surface area (Å²) in [7, 11) is 0. The van der Waals surface area contributed by atoms with Crippen LogP contribution in [0.5, 0.6) is 0 Å². The third-order valence-electron chi connectivity index (χ3n) is 4.18. The van der Waals surface area contributed by atoms with Crippen LogP contribution in [-0.4, -0.2) is 30.1 Å². The highest BCUT2D eigenvalue weighted by Gasteiger charge is 2.47. The molecule has 2 fully saturated rings. The Morgan fingerprint density at radius 1 is 1.35 bits per heavy atom. The summed E-state index contributed by atoms with van der Waals surface area (Å²) in [6.07, 6.45) is 4.98. The molecular weight excluding hydrogens is 220 g/mol. The first-order chi connectivity index (χ1) is 8.15. The number of aliphatic carboxylic acids is 1. The normalized spacial score (nSPS) is 31.4. The number of carbonyl (C=O) groups is 2. The fourth-order valence-electron chi connectivity index (χ4n) is 3.06. The van der Waals surface area contributed by atoms with Crippen molar-refractivity contribution in [3.05, 3.63) is 0 Å². The van der Waals surface area contributed by atoms with Gasteiger partial charge in [-0.15, -0.1) is 0 Å². The van der Waals surface area contributed by atoms with Crippen LogP contribution in [0.15, 0.2) is 0 Å². The molecular formula is C13H20O4. The van der Waals surface area contributed by atoms with Gasteiger partial charge in [0.2, 0.25) is 0 Å². The molecule has 2 aliphatic rings. The van der Waals surface area contributed by atoms with E-state index in [0.717, 1.165) is 25.7 Å². The molecule has 1 heterocycles. The van der Waals surface area contributed by atoms with Crippen molar-refractivity contribution in [1.82, 2.24) is 0 Å². The molecule has 0 bridgehead atoms. The van der Waals surface area contributed by atoms with E-state index >= 15 is 0 Å². The Kier molecular flexibility index (Phi) is 3.82. The molecule has 2 rings (SSSR count). The first-order valence-electron chi connectivity index (χ1n) is 6.49. The van der Waals surface area contributed by atoms with Crippen molar-refractivity contribution in [3.8, 4) is 0 Å². The van der Waals surface area contributed by atoms with Crippen molar-refractivity contribution < 1.29 is 19.4 Å². The minimum atomic E-state index is -1.08. The van der Waals surface area contributed by atoms with Gasteiger partial charge in [-0.05, 0) is 38.0 Å². The van der Waals surface area contributed by atoms with Gasteiger partial charge in [0.25, 0.3) is 0 Å². The number of carbonyl (C=O) groups excluding carboxylic acids is 1. The molecule has 4 nitrogen and oxygen atoms in total. The second-order valence-corrected chi connectivity index (χ2v) is 5.28. The summed E-state index contributed by atoms with van der Waals surface area (Å²) in [5, 5.41) is 9.44. The molecule has 1 saturated carbocycles. The van der Waals surface area contributed by atoms with Gasteiger partial charge in [-0.2, -0.15) is 0 Å². The number of hydrogen-bond acceptors (Lipinski definition) is 3. The maximum atomic E-state index is 12.0. The molecule has 0 aromatic heterocycles. The molecule has 96 valence electrons. The van der Waals surface area contributed by atoms with E-state index in [4.69, 9.17) is 4.74 Å². The second kappa shape index (κ2) is 5.17. The Labute approximate surface area is 101 Å². The van der Waals surface area contributed by atoms with Crippen LogP contribution in [0.2, 0.25) is 0 Å². The molecule has 1 aliphatic carbocycles. The monoisotopic (exact) mass is 240 g/mol. The van der Waals surface area contributed by atoms with Crippen LogP contribution in [0.3, 0.4) is 0 Å². The van der Waals surface area contributed by atoms with Gasteiger partial charge in [0.15, 0.2) is 0 Å². The van der Waals surface area contributed by atoms with Crippen molar-refractivity contribution in [1.29, 1.82) is 0 Å². The maximum absolute atomic E-state index is 12.0. The highest BCUT2D eigenvalue weighted by molar-refractivity contribution is 6.03. The number of ether oxygens (including phenoxy) is 1. The second-order valence-electron chi connectivity index (χ2n) is 5.28. The highest BCUT2D eigenvalue weighted by Crippen LogP contribution is 2.41. The van der Waals surface area contributed by atoms with Gasteiger partial charge < -0.3 is 9.84 Å². The van der Waals surface area contributed by atoms with Crippen LogP contribution in [0.4, 0.5) is 0 Å². The number of carboxylic acids is 1. The van der Waals surface area contributed by atoms with E-state index in [1.807, 2.05) is 0 Å². The molecule has 17 heavy (non-hydrogen) atoms. The quantitative estimate of drug-likeness (QED) is 0.766. The van der Waals surface area contributed by atoms with E-state index < -0.39 is 11.4 Å². The first-order valence-corrected chi connectivity index (χ1v) is 6.49. The Balaban J connectivity index is 2.10. The average molecular weight is 240 g/mol. The number of Topliss-reactive ketones (excluding diaryl/α,β-unsaturated/α-hetero) is 1. The van der Waals surface area contributed by atoms with Crippen molar-refractivity contribution in [2.24, 2.45) is 11.3 Å². The van der Waals surface area contributed by atoms with Gasteiger partial charge in [0.05, 0.1) is 0 Å². The molecule has 1 saturated heterocycles. The highest BCUT2D eigenvalue weighted by atomic mass is 16.5. The summed E-state index contributed by atoms with van der Waals surface area (Å²) in [5.74, 6) is -0.627. The number of carboxylic acid groups (broad SMARTS) is 1. The molecule has 1 aliphatic heterocycles. The standard InChI is InChI=1S/C13H20O4/c14-11-3-1-2-6-13(11,12(15)16)9-10-4-7-17-8-5-10/h10H,1-9H2,(H,15,16). The predicted octanol–water partition coefficient (Wildman–Crippen LogP) is 2.02. The SMILES string of the molecule is O=C(O)C1(CC2CCOCC2)CCCCC1=O. The van der Waals surface area contributed by atoms with Gasteiger partial charge in [-0.25, -0.2) is 0 Å². The molecule has 1 atom stereocenters. The molecule has 0 aromatic carbocycles. The third-order valence-corrected chi connectivity index (χ3v) is 4.18. The lowest BCUT2D eigenvalue weighted by atomic mass is 9.67. The summed E-state index contributed by atoms with van der Waals surface area (Å²) in [4.78, 5) is 23.5. The van der Waals surface area contributed by atoms with Crippen LogP contribution in [-0.2, 0) is 14.3 Å². The van der Waals surface area contributed by atoms with E-state index in [1.54, 1.807) is 0 Å². The molecule has 1 unspecified atom stereocenters. The number of ketones is 1. The zero-order valence-electron chi connectivity index (χ0n) is 10.1. The smallest absolute Gasteiger partial charge is 0.317 e. The lowest BCUT2D eigenvalue weighted by Crippen LogP contribution is -2.43.